The van der Waals surface area contributed by atoms with E-state index in [9.17, 15) is 0 Å². The second kappa shape index (κ2) is 7.87. The average molecular weight is 372 g/mol. The van der Waals surface area contributed by atoms with Gasteiger partial charge in [-0.15, -0.1) is 24.8 Å². The third kappa shape index (κ3) is 3.38. The molecule has 2 aliphatic rings. The van der Waals surface area contributed by atoms with Crippen LogP contribution in [0.4, 0.5) is 0 Å². The maximum absolute atomic E-state index is 6.56. The van der Waals surface area contributed by atoms with Gasteiger partial charge in [-0.1, -0.05) is 54.1 Å². The fourth-order valence-corrected chi connectivity index (χ4v) is 4.07. The summed E-state index contributed by atoms with van der Waals surface area (Å²) in [5.74, 6) is 0.425. The Morgan fingerprint density at radius 3 is 2.57 bits per heavy atom. The van der Waals surface area contributed by atoms with Gasteiger partial charge in [0.15, 0.2) is 0 Å². The number of benzene rings is 2. The smallest absolute Gasteiger partial charge is 0.0491 e. The van der Waals surface area contributed by atoms with Crippen LogP contribution >= 0.6 is 36.4 Å². The molecule has 124 valence electrons. The van der Waals surface area contributed by atoms with E-state index in [2.05, 4.69) is 52.7 Å². The van der Waals surface area contributed by atoms with Crippen LogP contribution in [0.5, 0.6) is 0 Å². The highest BCUT2D eigenvalue weighted by Gasteiger charge is 2.36. The molecule has 2 aliphatic heterocycles. The van der Waals surface area contributed by atoms with E-state index in [0.717, 1.165) is 31.2 Å². The van der Waals surface area contributed by atoms with Gasteiger partial charge < -0.3 is 5.32 Å². The van der Waals surface area contributed by atoms with Crippen molar-refractivity contribution in [1.29, 1.82) is 0 Å². The molecule has 0 aromatic heterocycles. The van der Waals surface area contributed by atoms with Gasteiger partial charge in [0.25, 0.3) is 0 Å². The van der Waals surface area contributed by atoms with Gasteiger partial charge in [-0.25, -0.2) is 0 Å². The van der Waals surface area contributed by atoms with Gasteiger partial charge in [-0.3, -0.25) is 4.90 Å². The molecule has 4 rings (SSSR count). The first kappa shape index (κ1) is 18.6. The third-order valence-corrected chi connectivity index (χ3v) is 5.10. The molecule has 2 aromatic rings. The zero-order chi connectivity index (χ0) is 14.2. The molecular formula is C18H21Cl3N2. The van der Waals surface area contributed by atoms with Crippen molar-refractivity contribution >= 4 is 36.4 Å². The van der Waals surface area contributed by atoms with Crippen molar-refractivity contribution in [1.82, 2.24) is 10.2 Å². The summed E-state index contributed by atoms with van der Waals surface area (Å²) >= 11 is 6.56. The van der Waals surface area contributed by atoms with Crippen molar-refractivity contribution in [2.45, 2.75) is 12.0 Å². The number of nitrogens with one attached hydrogen (secondary N) is 1. The van der Waals surface area contributed by atoms with Crippen LogP contribution < -0.4 is 5.32 Å². The first-order valence-electron chi connectivity index (χ1n) is 7.62. The molecule has 5 heteroatoms. The normalized spacial score (nSPS) is 23.0. The molecule has 1 saturated heterocycles. The van der Waals surface area contributed by atoms with Crippen molar-refractivity contribution in [2.24, 2.45) is 0 Å². The molecule has 0 bridgehead atoms. The first-order chi connectivity index (χ1) is 10.3. The van der Waals surface area contributed by atoms with Gasteiger partial charge in [0.2, 0.25) is 0 Å². The van der Waals surface area contributed by atoms with Crippen LogP contribution in [0.25, 0.3) is 0 Å². The Hall–Kier alpha value is -0.770. The SMILES string of the molecule is Cl.Cl.Clc1cccc2c1[C@H]1CNCCN1C[C@H]2c1ccccc1. The molecule has 0 radical (unpaired) electrons. The Morgan fingerprint density at radius 1 is 1.00 bits per heavy atom. The van der Waals surface area contributed by atoms with Gasteiger partial charge in [-0.05, 0) is 22.8 Å². The average Bonchev–Trinajstić information content (AvgIpc) is 2.55. The van der Waals surface area contributed by atoms with E-state index < -0.39 is 0 Å². The van der Waals surface area contributed by atoms with Crippen LogP contribution in [0.15, 0.2) is 48.5 Å². The fourth-order valence-electron chi connectivity index (χ4n) is 3.76. The zero-order valence-corrected chi connectivity index (χ0v) is 15.1. The molecule has 1 N–H and O–H groups in total. The highest BCUT2D eigenvalue weighted by Crippen LogP contribution is 2.42. The number of halogens is 3. The standard InChI is InChI=1S/C18H19ClN2.2ClH/c19-16-8-4-7-14-15(13-5-2-1-3-6-13)12-21-10-9-20-11-17(21)18(14)16;;/h1-8,15,17,20H,9-12H2;2*1H/t15-,17+;;/m0../s1. The lowest BCUT2D eigenvalue weighted by Gasteiger charge is -2.44. The predicted molar refractivity (Wildman–Crippen MR) is 101 cm³/mol. The second-order valence-corrected chi connectivity index (χ2v) is 6.33. The van der Waals surface area contributed by atoms with Gasteiger partial charge in [0.1, 0.15) is 0 Å². The van der Waals surface area contributed by atoms with Gasteiger partial charge in [0, 0.05) is 43.2 Å². The van der Waals surface area contributed by atoms with E-state index in [1.165, 1.54) is 16.7 Å². The molecule has 0 aliphatic carbocycles. The van der Waals surface area contributed by atoms with Crippen LogP contribution in [0, 0.1) is 0 Å². The van der Waals surface area contributed by atoms with E-state index >= 15 is 0 Å². The van der Waals surface area contributed by atoms with E-state index in [1.54, 1.807) is 0 Å². The summed E-state index contributed by atoms with van der Waals surface area (Å²) in [6, 6.07) is 17.6. The highest BCUT2D eigenvalue weighted by molar-refractivity contribution is 6.31. The number of hydrogen-bond donors (Lipinski definition) is 1. The minimum absolute atomic E-state index is 0. The lowest BCUT2D eigenvalue weighted by molar-refractivity contribution is 0.143. The predicted octanol–water partition coefficient (Wildman–Crippen LogP) is 4.28. The molecule has 0 saturated carbocycles. The van der Waals surface area contributed by atoms with Crippen molar-refractivity contribution in [2.75, 3.05) is 26.2 Å². The molecule has 1 fully saturated rings. The number of fused-ring (bicyclic) bond motifs is 3. The monoisotopic (exact) mass is 370 g/mol. The summed E-state index contributed by atoms with van der Waals surface area (Å²) < 4.78 is 0. The Kier molecular flexibility index (Phi) is 6.35. The molecule has 0 unspecified atom stereocenters. The van der Waals surface area contributed by atoms with E-state index in [-0.39, 0.29) is 24.8 Å². The summed E-state index contributed by atoms with van der Waals surface area (Å²) in [5, 5.41) is 4.42. The minimum atomic E-state index is 0. The zero-order valence-electron chi connectivity index (χ0n) is 12.7. The van der Waals surface area contributed by atoms with E-state index in [0.29, 0.717) is 12.0 Å². The lowest BCUT2D eigenvalue weighted by atomic mass is 9.80. The largest absolute Gasteiger partial charge is 0.314 e. The Balaban J connectivity index is 0.000000960. The number of hydrogen-bond acceptors (Lipinski definition) is 2. The van der Waals surface area contributed by atoms with Crippen LogP contribution in [-0.4, -0.2) is 31.1 Å². The van der Waals surface area contributed by atoms with Crippen LogP contribution in [0.2, 0.25) is 5.02 Å². The molecule has 2 aromatic carbocycles. The molecule has 2 nitrogen and oxygen atoms in total. The lowest BCUT2D eigenvalue weighted by Crippen LogP contribution is -2.50. The molecule has 2 atom stereocenters. The van der Waals surface area contributed by atoms with Crippen LogP contribution in [0.3, 0.4) is 0 Å². The van der Waals surface area contributed by atoms with Gasteiger partial charge in [-0.2, -0.15) is 0 Å². The Bertz CT molecular complexity index is 648. The van der Waals surface area contributed by atoms with Crippen molar-refractivity contribution < 1.29 is 0 Å². The Morgan fingerprint density at radius 2 is 1.78 bits per heavy atom. The molecule has 0 amide bonds. The summed E-state index contributed by atoms with van der Waals surface area (Å²) in [5.41, 5.74) is 4.11. The van der Waals surface area contributed by atoms with Crippen molar-refractivity contribution in [3.05, 3.63) is 70.2 Å². The quantitative estimate of drug-likeness (QED) is 0.805. The van der Waals surface area contributed by atoms with Crippen molar-refractivity contribution in [3.63, 3.8) is 0 Å². The van der Waals surface area contributed by atoms with Crippen LogP contribution in [-0.2, 0) is 0 Å². The van der Waals surface area contributed by atoms with Gasteiger partial charge in [0.05, 0.1) is 0 Å². The topological polar surface area (TPSA) is 15.3 Å². The first-order valence-corrected chi connectivity index (χ1v) is 8.00. The molecule has 23 heavy (non-hydrogen) atoms. The maximum Gasteiger partial charge on any atom is 0.0491 e. The number of rotatable bonds is 1. The Labute approximate surface area is 155 Å². The van der Waals surface area contributed by atoms with Crippen molar-refractivity contribution in [3.8, 4) is 0 Å². The second-order valence-electron chi connectivity index (χ2n) is 5.92. The summed E-state index contributed by atoms with van der Waals surface area (Å²) in [7, 11) is 0. The molecule has 0 spiro atoms. The summed E-state index contributed by atoms with van der Waals surface area (Å²) in [6.45, 7) is 4.25. The minimum Gasteiger partial charge on any atom is -0.314 e. The molecule has 2 heterocycles. The number of nitrogens with zero attached hydrogens (tertiary/aromatic N) is 1. The number of piperazine rings is 1. The van der Waals surface area contributed by atoms with Crippen LogP contribution in [0.1, 0.15) is 28.7 Å². The van der Waals surface area contributed by atoms with E-state index in [1.807, 2.05) is 6.07 Å². The summed E-state index contributed by atoms with van der Waals surface area (Å²) in [6.07, 6.45) is 0. The highest BCUT2D eigenvalue weighted by atomic mass is 35.5. The maximum atomic E-state index is 6.56. The summed E-state index contributed by atoms with van der Waals surface area (Å²) in [4.78, 5) is 2.59. The third-order valence-electron chi connectivity index (χ3n) is 4.77. The van der Waals surface area contributed by atoms with E-state index in [4.69, 9.17) is 11.6 Å². The van der Waals surface area contributed by atoms with Gasteiger partial charge >= 0.3 is 0 Å². The molecular weight excluding hydrogens is 351 g/mol. The fraction of sp³-hybridized carbons (Fsp3) is 0.333.